The third kappa shape index (κ3) is 3.43. The first-order valence-electron chi connectivity index (χ1n) is 7.29. The van der Waals surface area contributed by atoms with Crippen molar-refractivity contribution in [1.29, 1.82) is 0 Å². The van der Waals surface area contributed by atoms with Crippen LogP contribution in [0.3, 0.4) is 0 Å². The molecule has 1 atom stereocenters. The first kappa shape index (κ1) is 15.9. The van der Waals surface area contributed by atoms with Crippen molar-refractivity contribution in [1.82, 2.24) is 4.98 Å². The third-order valence-electron chi connectivity index (χ3n) is 5.06. The molecule has 1 aromatic rings. The predicted molar refractivity (Wildman–Crippen MR) is 80.0 cm³/mol. The molecule has 19 heavy (non-hydrogen) atoms. The van der Waals surface area contributed by atoms with Gasteiger partial charge in [-0.1, -0.05) is 47.1 Å². The van der Waals surface area contributed by atoms with Crippen LogP contribution in [0, 0.1) is 10.8 Å². The van der Waals surface area contributed by atoms with Crippen LogP contribution in [0.2, 0.25) is 0 Å². The van der Waals surface area contributed by atoms with Crippen molar-refractivity contribution in [3.63, 3.8) is 0 Å². The third-order valence-corrected chi connectivity index (χ3v) is 5.06. The van der Waals surface area contributed by atoms with Crippen molar-refractivity contribution < 1.29 is 4.79 Å². The minimum atomic E-state index is -0.232. The highest BCUT2D eigenvalue weighted by atomic mass is 16.1. The molecule has 106 valence electrons. The van der Waals surface area contributed by atoms with Crippen LogP contribution in [0.25, 0.3) is 0 Å². The molecule has 0 N–H and O–H groups in total. The van der Waals surface area contributed by atoms with Crippen LogP contribution in [-0.4, -0.2) is 10.8 Å². The molecule has 0 radical (unpaired) electrons. The average Bonchev–Trinajstić information content (AvgIpc) is 2.44. The van der Waals surface area contributed by atoms with Gasteiger partial charge in [-0.2, -0.15) is 0 Å². The fraction of sp³-hybridized carbons (Fsp3) is 0.647. The second kappa shape index (κ2) is 6.31. The molecule has 0 amide bonds. The number of carbonyl (C=O) groups is 1. The fourth-order valence-electron chi connectivity index (χ4n) is 2.52. The standard InChI is InChI=1S/C17H27NO/c1-6-16(3,4)17(5,7-2)15(19)11-10-14-9-8-12-18-13-14/h8-9,12-13H,6-7,10-11H2,1-5H3. The molecule has 0 aromatic carbocycles. The van der Waals surface area contributed by atoms with E-state index in [-0.39, 0.29) is 10.8 Å². The zero-order valence-corrected chi connectivity index (χ0v) is 13.0. The summed E-state index contributed by atoms with van der Waals surface area (Å²) >= 11 is 0. The molecule has 1 rings (SSSR count). The molecule has 0 spiro atoms. The smallest absolute Gasteiger partial charge is 0.139 e. The summed E-state index contributed by atoms with van der Waals surface area (Å²) in [6.45, 7) is 10.8. The van der Waals surface area contributed by atoms with Gasteiger partial charge in [0.05, 0.1) is 0 Å². The Kier molecular flexibility index (Phi) is 5.28. The SMILES string of the molecule is CCC(C)(C)C(C)(CC)C(=O)CCc1cccnc1. The second-order valence-corrected chi connectivity index (χ2v) is 6.21. The van der Waals surface area contributed by atoms with E-state index in [0.717, 1.165) is 24.8 Å². The molecule has 0 aliphatic rings. The topological polar surface area (TPSA) is 30.0 Å². The highest BCUT2D eigenvalue weighted by Crippen LogP contribution is 2.45. The maximum absolute atomic E-state index is 12.7. The highest BCUT2D eigenvalue weighted by Gasteiger charge is 2.43. The Morgan fingerprint density at radius 2 is 1.89 bits per heavy atom. The van der Waals surface area contributed by atoms with Gasteiger partial charge in [-0.05, 0) is 29.9 Å². The Morgan fingerprint density at radius 1 is 1.21 bits per heavy atom. The molecular weight excluding hydrogens is 234 g/mol. The van der Waals surface area contributed by atoms with E-state index in [9.17, 15) is 4.79 Å². The highest BCUT2D eigenvalue weighted by molar-refractivity contribution is 5.85. The van der Waals surface area contributed by atoms with Crippen LogP contribution in [0.15, 0.2) is 24.5 Å². The number of carbonyl (C=O) groups excluding carboxylic acids is 1. The van der Waals surface area contributed by atoms with E-state index in [1.54, 1.807) is 6.20 Å². The summed E-state index contributed by atoms with van der Waals surface area (Å²) < 4.78 is 0. The Bertz CT molecular complexity index is 411. The van der Waals surface area contributed by atoms with Gasteiger partial charge in [0.25, 0.3) is 0 Å². The van der Waals surface area contributed by atoms with Gasteiger partial charge in [-0.25, -0.2) is 0 Å². The van der Waals surface area contributed by atoms with Gasteiger partial charge >= 0.3 is 0 Å². The van der Waals surface area contributed by atoms with E-state index in [2.05, 4.69) is 39.6 Å². The molecule has 1 aromatic heterocycles. The van der Waals surface area contributed by atoms with Gasteiger partial charge in [-0.15, -0.1) is 0 Å². The summed E-state index contributed by atoms with van der Waals surface area (Å²) in [5.41, 5.74) is 0.959. The average molecular weight is 261 g/mol. The second-order valence-electron chi connectivity index (χ2n) is 6.21. The van der Waals surface area contributed by atoms with E-state index in [1.807, 2.05) is 18.3 Å². The molecule has 2 heteroatoms. The number of rotatable bonds is 7. The molecule has 2 nitrogen and oxygen atoms in total. The van der Waals surface area contributed by atoms with Crippen LogP contribution in [-0.2, 0) is 11.2 Å². The minimum absolute atomic E-state index is 0.0494. The number of aryl methyl sites for hydroxylation is 1. The lowest BCUT2D eigenvalue weighted by atomic mass is 9.61. The fourth-order valence-corrected chi connectivity index (χ4v) is 2.52. The van der Waals surface area contributed by atoms with Gasteiger partial charge < -0.3 is 0 Å². The van der Waals surface area contributed by atoms with E-state index in [4.69, 9.17) is 0 Å². The van der Waals surface area contributed by atoms with E-state index in [0.29, 0.717) is 12.2 Å². The minimum Gasteiger partial charge on any atom is -0.299 e. The van der Waals surface area contributed by atoms with Crippen molar-refractivity contribution >= 4 is 5.78 Å². The number of nitrogens with zero attached hydrogens (tertiary/aromatic N) is 1. The summed E-state index contributed by atoms with van der Waals surface area (Å²) in [6, 6.07) is 3.96. The number of ketones is 1. The lowest BCUT2D eigenvalue weighted by Crippen LogP contribution is -2.41. The molecule has 0 saturated heterocycles. The van der Waals surface area contributed by atoms with Crippen molar-refractivity contribution in [2.24, 2.45) is 10.8 Å². The molecule has 0 aliphatic carbocycles. The summed E-state index contributed by atoms with van der Waals surface area (Å²) in [5, 5.41) is 0. The lowest BCUT2D eigenvalue weighted by Gasteiger charge is -2.42. The zero-order valence-electron chi connectivity index (χ0n) is 13.0. The Hall–Kier alpha value is -1.18. The Morgan fingerprint density at radius 3 is 2.37 bits per heavy atom. The Labute approximate surface area is 117 Å². The normalized spacial score (nSPS) is 15.0. The summed E-state index contributed by atoms with van der Waals surface area (Å²) in [7, 11) is 0. The van der Waals surface area contributed by atoms with Gasteiger partial charge in [0.15, 0.2) is 0 Å². The van der Waals surface area contributed by atoms with E-state index >= 15 is 0 Å². The van der Waals surface area contributed by atoms with Crippen molar-refractivity contribution in [2.45, 2.75) is 60.3 Å². The lowest BCUT2D eigenvalue weighted by molar-refractivity contribution is -0.135. The van der Waals surface area contributed by atoms with Crippen LogP contribution in [0.5, 0.6) is 0 Å². The van der Waals surface area contributed by atoms with Crippen LogP contribution < -0.4 is 0 Å². The van der Waals surface area contributed by atoms with Gasteiger partial charge in [-0.3, -0.25) is 9.78 Å². The van der Waals surface area contributed by atoms with Crippen molar-refractivity contribution in [3.8, 4) is 0 Å². The maximum atomic E-state index is 12.7. The summed E-state index contributed by atoms with van der Waals surface area (Å²) in [4.78, 5) is 16.8. The monoisotopic (exact) mass is 261 g/mol. The largest absolute Gasteiger partial charge is 0.299 e. The van der Waals surface area contributed by atoms with Crippen LogP contribution in [0.4, 0.5) is 0 Å². The van der Waals surface area contributed by atoms with Gasteiger partial charge in [0, 0.05) is 24.2 Å². The van der Waals surface area contributed by atoms with Crippen LogP contribution in [0.1, 0.15) is 59.4 Å². The number of Topliss-reactive ketones (excluding diaryl/α,β-unsaturated/α-hetero) is 1. The van der Waals surface area contributed by atoms with Gasteiger partial charge in [0.2, 0.25) is 0 Å². The van der Waals surface area contributed by atoms with Crippen LogP contribution >= 0.6 is 0 Å². The van der Waals surface area contributed by atoms with Gasteiger partial charge in [0.1, 0.15) is 5.78 Å². The van der Waals surface area contributed by atoms with E-state index < -0.39 is 0 Å². The molecule has 0 bridgehead atoms. The first-order chi connectivity index (χ1) is 8.87. The zero-order chi connectivity index (χ0) is 14.5. The molecule has 1 heterocycles. The van der Waals surface area contributed by atoms with Crippen molar-refractivity contribution in [2.75, 3.05) is 0 Å². The number of hydrogen-bond donors (Lipinski definition) is 0. The maximum Gasteiger partial charge on any atom is 0.139 e. The number of pyridine rings is 1. The quantitative estimate of drug-likeness (QED) is 0.726. The number of aromatic nitrogens is 1. The summed E-state index contributed by atoms with van der Waals surface area (Å²) in [6.07, 6.45) is 6.94. The van der Waals surface area contributed by atoms with Crippen molar-refractivity contribution in [3.05, 3.63) is 30.1 Å². The molecular formula is C17H27NO. The predicted octanol–water partition coefficient (Wildman–Crippen LogP) is 4.44. The molecule has 1 unspecified atom stereocenters. The number of hydrogen-bond acceptors (Lipinski definition) is 2. The van der Waals surface area contributed by atoms with E-state index in [1.165, 1.54) is 0 Å². The molecule has 0 saturated carbocycles. The molecule has 0 fully saturated rings. The molecule has 0 aliphatic heterocycles. The first-order valence-corrected chi connectivity index (χ1v) is 7.29. The summed E-state index contributed by atoms with van der Waals surface area (Å²) in [5.74, 6) is 0.380. The Balaban J connectivity index is 2.75.